The van der Waals surface area contributed by atoms with Crippen molar-refractivity contribution in [2.24, 2.45) is 4.99 Å². The first-order chi connectivity index (χ1) is 17.3. The Morgan fingerprint density at radius 1 is 1.11 bits per heavy atom. The number of aromatic nitrogens is 1. The zero-order chi connectivity index (χ0) is 25.8. The van der Waals surface area contributed by atoms with Gasteiger partial charge in [-0.15, -0.1) is 0 Å². The standard InChI is InChI=1S/C28H30N2O5S/c1-6-15-34-22-11-7-19(8-12-22)16-23-26(31)30-25(20-9-13-21(33-5)14-10-20)24(27(32)35-17(2)3)18(4)29-28(30)36-23/h7-14,16-17,25H,6,15H2,1-5H3/b23-16-/t25-/m0/s1. The number of hydrogen-bond donors (Lipinski definition) is 0. The molecule has 2 heterocycles. The Bertz CT molecular complexity index is 1450. The maximum atomic E-state index is 13.7. The molecule has 0 fully saturated rings. The molecule has 1 aromatic heterocycles. The Morgan fingerprint density at radius 3 is 2.39 bits per heavy atom. The highest BCUT2D eigenvalue weighted by molar-refractivity contribution is 7.07. The average molecular weight is 507 g/mol. The SMILES string of the molecule is CCCOc1ccc(/C=c2\sc3n(c2=O)[C@@H](c2ccc(OC)cc2)C(C(=O)OC(C)C)=C(C)N=3)cc1. The number of fused-ring (bicyclic) bond motifs is 1. The smallest absolute Gasteiger partial charge is 0.338 e. The quantitative estimate of drug-likeness (QED) is 0.432. The van der Waals surface area contributed by atoms with Gasteiger partial charge in [0, 0.05) is 0 Å². The molecule has 0 N–H and O–H groups in total. The van der Waals surface area contributed by atoms with Crippen molar-refractivity contribution < 1.29 is 19.0 Å². The van der Waals surface area contributed by atoms with Crippen LogP contribution < -0.4 is 24.4 Å². The van der Waals surface area contributed by atoms with Gasteiger partial charge >= 0.3 is 5.97 Å². The molecule has 0 saturated carbocycles. The number of allylic oxidation sites excluding steroid dienone is 1. The van der Waals surface area contributed by atoms with Crippen LogP contribution in [0.2, 0.25) is 0 Å². The second-order valence-electron chi connectivity index (χ2n) is 8.73. The number of esters is 1. The first-order valence-corrected chi connectivity index (χ1v) is 12.7. The number of methoxy groups -OCH3 is 1. The number of thiazole rings is 1. The van der Waals surface area contributed by atoms with E-state index < -0.39 is 12.0 Å². The molecule has 0 radical (unpaired) electrons. The Balaban J connectivity index is 1.83. The zero-order valence-corrected chi connectivity index (χ0v) is 21.9. The third-order valence-corrected chi connectivity index (χ3v) is 6.65. The summed E-state index contributed by atoms with van der Waals surface area (Å²) in [6.45, 7) is 8.08. The van der Waals surface area contributed by atoms with E-state index >= 15 is 0 Å². The summed E-state index contributed by atoms with van der Waals surface area (Å²) in [5.41, 5.74) is 2.32. The van der Waals surface area contributed by atoms with E-state index in [1.807, 2.05) is 54.6 Å². The summed E-state index contributed by atoms with van der Waals surface area (Å²) in [4.78, 5) is 32.0. The van der Waals surface area contributed by atoms with Crippen molar-refractivity contribution in [3.8, 4) is 11.5 Å². The van der Waals surface area contributed by atoms with Gasteiger partial charge in [0.25, 0.3) is 5.56 Å². The highest BCUT2D eigenvalue weighted by Gasteiger charge is 2.33. The van der Waals surface area contributed by atoms with Gasteiger partial charge < -0.3 is 14.2 Å². The third-order valence-electron chi connectivity index (χ3n) is 5.67. The van der Waals surface area contributed by atoms with Crippen molar-refractivity contribution in [3.05, 3.63) is 90.6 Å². The fourth-order valence-electron chi connectivity index (χ4n) is 3.99. The second-order valence-corrected chi connectivity index (χ2v) is 9.74. The van der Waals surface area contributed by atoms with Gasteiger partial charge in [-0.05, 0) is 68.7 Å². The lowest BCUT2D eigenvalue weighted by molar-refractivity contribution is -0.143. The van der Waals surface area contributed by atoms with Crippen LogP contribution in [0.15, 0.2) is 69.6 Å². The minimum absolute atomic E-state index is 0.215. The number of ether oxygens (including phenoxy) is 3. The molecule has 0 bridgehead atoms. The molecule has 4 rings (SSSR count). The van der Waals surface area contributed by atoms with Gasteiger partial charge in [0.2, 0.25) is 0 Å². The maximum Gasteiger partial charge on any atom is 0.338 e. The van der Waals surface area contributed by atoms with Crippen molar-refractivity contribution in [2.75, 3.05) is 13.7 Å². The molecule has 0 saturated heterocycles. The summed E-state index contributed by atoms with van der Waals surface area (Å²) in [5.74, 6) is 0.993. The molecular weight excluding hydrogens is 476 g/mol. The van der Waals surface area contributed by atoms with Crippen molar-refractivity contribution in [1.29, 1.82) is 0 Å². The fraction of sp³-hybridized carbons (Fsp3) is 0.321. The highest BCUT2D eigenvalue weighted by Crippen LogP contribution is 2.31. The van der Waals surface area contributed by atoms with E-state index in [0.717, 1.165) is 23.3 Å². The van der Waals surface area contributed by atoms with Crippen molar-refractivity contribution >= 4 is 23.4 Å². The maximum absolute atomic E-state index is 13.7. The molecule has 1 atom stereocenters. The monoisotopic (exact) mass is 506 g/mol. The molecule has 3 aromatic rings. The van der Waals surface area contributed by atoms with Crippen LogP contribution in [0.1, 0.15) is 51.3 Å². The minimum atomic E-state index is -0.662. The number of carbonyl (C=O) groups is 1. The highest BCUT2D eigenvalue weighted by atomic mass is 32.1. The lowest BCUT2D eigenvalue weighted by atomic mass is 9.96. The molecule has 8 heteroatoms. The van der Waals surface area contributed by atoms with Crippen LogP contribution in [0, 0.1) is 0 Å². The molecular formula is C28H30N2O5S. The lowest BCUT2D eigenvalue weighted by Crippen LogP contribution is -2.40. The van der Waals surface area contributed by atoms with Gasteiger partial charge in [-0.1, -0.05) is 42.5 Å². The summed E-state index contributed by atoms with van der Waals surface area (Å²) in [7, 11) is 1.59. The minimum Gasteiger partial charge on any atom is -0.497 e. The number of hydrogen-bond acceptors (Lipinski definition) is 7. The van der Waals surface area contributed by atoms with Crippen LogP contribution in [0.3, 0.4) is 0 Å². The first kappa shape index (κ1) is 25.4. The van der Waals surface area contributed by atoms with E-state index in [9.17, 15) is 9.59 Å². The van der Waals surface area contributed by atoms with Crippen molar-refractivity contribution in [3.63, 3.8) is 0 Å². The molecule has 2 aromatic carbocycles. The Morgan fingerprint density at radius 2 is 1.78 bits per heavy atom. The van der Waals surface area contributed by atoms with Crippen LogP contribution in [-0.2, 0) is 9.53 Å². The lowest BCUT2D eigenvalue weighted by Gasteiger charge is -2.25. The first-order valence-electron chi connectivity index (χ1n) is 11.9. The second kappa shape index (κ2) is 11.0. The van der Waals surface area contributed by atoms with Crippen LogP contribution in [0.25, 0.3) is 6.08 Å². The van der Waals surface area contributed by atoms with Crippen LogP contribution >= 0.6 is 11.3 Å². The average Bonchev–Trinajstić information content (AvgIpc) is 3.16. The molecule has 0 amide bonds. The Hall–Kier alpha value is -3.65. The molecule has 1 aliphatic heterocycles. The summed E-state index contributed by atoms with van der Waals surface area (Å²) in [5, 5.41) is 0. The summed E-state index contributed by atoms with van der Waals surface area (Å²) >= 11 is 1.30. The summed E-state index contributed by atoms with van der Waals surface area (Å²) < 4.78 is 18.6. The van der Waals surface area contributed by atoms with Crippen molar-refractivity contribution in [1.82, 2.24) is 4.57 Å². The summed E-state index contributed by atoms with van der Waals surface area (Å²) in [6, 6.07) is 14.3. The van der Waals surface area contributed by atoms with Crippen LogP contribution in [0.5, 0.6) is 11.5 Å². The molecule has 0 aliphatic carbocycles. The van der Waals surface area contributed by atoms with Gasteiger partial charge in [-0.25, -0.2) is 9.79 Å². The summed E-state index contributed by atoms with van der Waals surface area (Å²) in [6.07, 6.45) is 2.47. The van der Waals surface area contributed by atoms with Gasteiger partial charge in [-0.2, -0.15) is 0 Å². The van der Waals surface area contributed by atoms with Gasteiger partial charge in [-0.3, -0.25) is 9.36 Å². The normalized spacial score (nSPS) is 15.5. The Kier molecular flexibility index (Phi) is 7.74. The molecule has 0 spiro atoms. The molecule has 188 valence electrons. The molecule has 36 heavy (non-hydrogen) atoms. The molecule has 0 unspecified atom stereocenters. The Labute approximate surface area is 214 Å². The van der Waals surface area contributed by atoms with Crippen molar-refractivity contribution in [2.45, 2.75) is 46.3 Å². The largest absolute Gasteiger partial charge is 0.497 e. The fourth-order valence-corrected chi connectivity index (χ4v) is 5.04. The molecule has 1 aliphatic rings. The predicted octanol–water partition coefficient (Wildman–Crippen LogP) is 3.98. The van der Waals surface area contributed by atoms with E-state index in [2.05, 4.69) is 11.9 Å². The van der Waals surface area contributed by atoms with E-state index in [-0.39, 0.29) is 11.7 Å². The van der Waals surface area contributed by atoms with Crippen LogP contribution in [0.4, 0.5) is 0 Å². The topological polar surface area (TPSA) is 79.1 Å². The number of carbonyl (C=O) groups excluding carboxylic acids is 1. The van der Waals surface area contributed by atoms with E-state index in [1.54, 1.807) is 32.4 Å². The van der Waals surface area contributed by atoms with E-state index in [0.29, 0.717) is 33.0 Å². The number of rotatable bonds is 8. The molecule has 7 nitrogen and oxygen atoms in total. The van der Waals surface area contributed by atoms with E-state index in [4.69, 9.17) is 14.2 Å². The van der Waals surface area contributed by atoms with Crippen LogP contribution in [-0.4, -0.2) is 30.4 Å². The third kappa shape index (κ3) is 5.28. The number of nitrogens with zero attached hydrogens (tertiary/aromatic N) is 2. The van der Waals surface area contributed by atoms with E-state index in [1.165, 1.54) is 11.3 Å². The van der Waals surface area contributed by atoms with Gasteiger partial charge in [0.05, 0.1) is 41.7 Å². The van der Waals surface area contributed by atoms with Gasteiger partial charge in [0.15, 0.2) is 4.80 Å². The zero-order valence-electron chi connectivity index (χ0n) is 21.1. The number of benzene rings is 2. The van der Waals surface area contributed by atoms with Gasteiger partial charge in [0.1, 0.15) is 11.5 Å². The predicted molar refractivity (Wildman–Crippen MR) is 140 cm³/mol.